The fourth-order valence-electron chi connectivity index (χ4n) is 4.37. The van der Waals surface area contributed by atoms with E-state index in [9.17, 15) is 4.79 Å². The number of ether oxygens (including phenoxy) is 4. The Labute approximate surface area is 201 Å². The van der Waals surface area contributed by atoms with Gasteiger partial charge in [-0.1, -0.05) is 26.0 Å². The highest BCUT2D eigenvalue weighted by Gasteiger charge is 2.31. The molecule has 2 aromatic rings. The Morgan fingerprint density at radius 2 is 2.03 bits per heavy atom. The summed E-state index contributed by atoms with van der Waals surface area (Å²) < 4.78 is 22.9. The molecule has 0 N–H and O–H groups in total. The first kappa shape index (κ1) is 24.3. The molecule has 0 saturated carbocycles. The van der Waals surface area contributed by atoms with Gasteiger partial charge >= 0.3 is 0 Å². The molecule has 1 aromatic heterocycles. The number of hydrogen-bond acceptors (Lipinski definition) is 7. The zero-order valence-corrected chi connectivity index (χ0v) is 20.4. The van der Waals surface area contributed by atoms with Crippen LogP contribution < -0.4 is 14.2 Å². The summed E-state index contributed by atoms with van der Waals surface area (Å²) in [6.07, 6.45) is 2.08. The summed E-state index contributed by atoms with van der Waals surface area (Å²) in [7, 11) is 1.63. The topological polar surface area (TPSA) is 73.4 Å². The average molecular weight is 470 g/mol. The van der Waals surface area contributed by atoms with Crippen LogP contribution in [0.4, 0.5) is 0 Å². The number of methoxy groups -OCH3 is 1. The quantitative estimate of drug-likeness (QED) is 0.588. The highest BCUT2D eigenvalue weighted by Crippen LogP contribution is 2.31. The van der Waals surface area contributed by atoms with Gasteiger partial charge in [-0.25, -0.2) is 4.98 Å². The lowest BCUT2D eigenvalue weighted by atomic mass is 10.1. The smallest absolute Gasteiger partial charge is 0.253 e. The number of aromatic nitrogens is 1. The zero-order valence-electron chi connectivity index (χ0n) is 20.4. The minimum absolute atomic E-state index is 0.0173. The number of carbonyl (C=O) groups excluding carboxylic acids is 1. The van der Waals surface area contributed by atoms with Gasteiger partial charge in [-0.15, -0.1) is 0 Å². The van der Waals surface area contributed by atoms with Gasteiger partial charge in [0, 0.05) is 50.9 Å². The van der Waals surface area contributed by atoms with Crippen molar-refractivity contribution in [2.24, 2.45) is 5.92 Å². The third-order valence-electron chi connectivity index (χ3n) is 5.95. The Balaban J connectivity index is 1.45. The van der Waals surface area contributed by atoms with Crippen LogP contribution in [0.3, 0.4) is 0 Å². The van der Waals surface area contributed by atoms with Gasteiger partial charge in [0.2, 0.25) is 5.88 Å². The van der Waals surface area contributed by atoms with E-state index in [1.54, 1.807) is 13.3 Å². The van der Waals surface area contributed by atoms with E-state index in [-0.39, 0.29) is 5.91 Å². The van der Waals surface area contributed by atoms with Crippen LogP contribution in [0.25, 0.3) is 0 Å². The third-order valence-corrected chi connectivity index (χ3v) is 5.95. The van der Waals surface area contributed by atoms with Gasteiger partial charge in [-0.05, 0) is 29.7 Å². The Morgan fingerprint density at radius 3 is 2.82 bits per heavy atom. The number of rotatable bonds is 8. The lowest BCUT2D eigenvalue weighted by Gasteiger charge is -2.35. The molecule has 2 aliphatic rings. The normalized spacial score (nSPS) is 18.4. The molecular formula is C26H35N3O5. The molecule has 0 aliphatic carbocycles. The molecule has 1 fully saturated rings. The van der Waals surface area contributed by atoms with E-state index in [0.717, 1.165) is 35.6 Å². The van der Waals surface area contributed by atoms with Crippen molar-refractivity contribution < 1.29 is 23.7 Å². The van der Waals surface area contributed by atoms with Crippen LogP contribution in [-0.2, 0) is 22.6 Å². The van der Waals surface area contributed by atoms with Crippen molar-refractivity contribution in [3.63, 3.8) is 0 Å². The predicted octanol–water partition coefficient (Wildman–Crippen LogP) is 3.14. The molecule has 3 heterocycles. The average Bonchev–Trinajstić information content (AvgIpc) is 3.08. The maximum atomic E-state index is 13.6. The molecule has 0 spiro atoms. The largest absolute Gasteiger partial charge is 0.490 e. The molecule has 8 heteroatoms. The van der Waals surface area contributed by atoms with E-state index < -0.39 is 6.10 Å². The Morgan fingerprint density at radius 1 is 1.21 bits per heavy atom. The number of morpholine rings is 1. The van der Waals surface area contributed by atoms with Crippen molar-refractivity contribution in [3.8, 4) is 17.4 Å². The molecular weight excluding hydrogens is 434 g/mol. The lowest BCUT2D eigenvalue weighted by molar-refractivity contribution is -0.151. The van der Waals surface area contributed by atoms with E-state index in [4.69, 9.17) is 18.9 Å². The second-order valence-corrected chi connectivity index (χ2v) is 9.21. The van der Waals surface area contributed by atoms with Crippen LogP contribution in [0, 0.1) is 5.92 Å². The number of benzene rings is 1. The van der Waals surface area contributed by atoms with Gasteiger partial charge in [0.05, 0.1) is 26.9 Å². The zero-order chi connectivity index (χ0) is 23.9. The highest BCUT2D eigenvalue weighted by molar-refractivity contribution is 5.81. The molecule has 1 aromatic carbocycles. The van der Waals surface area contributed by atoms with Gasteiger partial charge in [0.15, 0.2) is 11.5 Å². The van der Waals surface area contributed by atoms with Gasteiger partial charge in [-0.2, -0.15) is 0 Å². The van der Waals surface area contributed by atoms with Crippen molar-refractivity contribution >= 4 is 5.91 Å². The lowest BCUT2D eigenvalue weighted by Crippen LogP contribution is -2.51. The summed E-state index contributed by atoms with van der Waals surface area (Å²) in [6.45, 7) is 9.17. The predicted molar refractivity (Wildman–Crippen MR) is 128 cm³/mol. The fraction of sp³-hybridized carbons (Fsp3) is 0.538. The highest BCUT2D eigenvalue weighted by atomic mass is 16.5. The van der Waals surface area contributed by atoms with Gasteiger partial charge in [0.1, 0.15) is 6.10 Å². The second kappa shape index (κ2) is 11.5. The van der Waals surface area contributed by atoms with Crippen molar-refractivity contribution in [3.05, 3.63) is 47.7 Å². The summed E-state index contributed by atoms with van der Waals surface area (Å²) in [5.41, 5.74) is 2.02. The molecule has 1 amide bonds. The SMILES string of the molecule is COc1ncccc1CN1CCOC(C(=O)N(Cc2ccc3c(c2)OCCCO3)CC(C)C)C1. The van der Waals surface area contributed by atoms with Crippen LogP contribution in [0.15, 0.2) is 36.5 Å². The first-order valence-electron chi connectivity index (χ1n) is 12.0. The summed E-state index contributed by atoms with van der Waals surface area (Å²) in [5.74, 6) is 2.48. The van der Waals surface area contributed by atoms with Gasteiger partial charge in [-0.3, -0.25) is 9.69 Å². The Kier molecular flexibility index (Phi) is 8.24. The Bertz CT molecular complexity index is 967. The van der Waals surface area contributed by atoms with Crippen LogP contribution in [0.1, 0.15) is 31.4 Å². The maximum absolute atomic E-state index is 13.6. The molecule has 184 valence electrons. The van der Waals surface area contributed by atoms with Crippen molar-refractivity contribution in [2.75, 3.05) is 46.6 Å². The number of carbonyl (C=O) groups is 1. The molecule has 0 radical (unpaired) electrons. The van der Waals surface area contributed by atoms with Crippen molar-refractivity contribution in [2.45, 2.75) is 39.5 Å². The monoisotopic (exact) mass is 469 g/mol. The van der Waals surface area contributed by atoms with Crippen LogP contribution in [0.5, 0.6) is 17.4 Å². The minimum Gasteiger partial charge on any atom is -0.490 e. The molecule has 0 bridgehead atoms. The number of fused-ring (bicyclic) bond motifs is 1. The summed E-state index contributed by atoms with van der Waals surface area (Å²) in [6, 6.07) is 9.85. The van der Waals surface area contributed by atoms with Gasteiger partial charge in [0.25, 0.3) is 5.91 Å². The number of hydrogen-bond donors (Lipinski definition) is 0. The van der Waals surface area contributed by atoms with E-state index in [2.05, 4.69) is 23.7 Å². The van der Waals surface area contributed by atoms with Crippen LogP contribution in [-0.4, -0.2) is 73.4 Å². The molecule has 2 aliphatic heterocycles. The number of nitrogens with zero attached hydrogens (tertiary/aromatic N) is 3. The van der Waals surface area contributed by atoms with Crippen molar-refractivity contribution in [1.29, 1.82) is 0 Å². The molecule has 34 heavy (non-hydrogen) atoms. The molecule has 1 saturated heterocycles. The molecule has 8 nitrogen and oxygen atoms in total. The van der Waals surface area contributed by atoms with Crippen LogP contribution >= 0.6 is 0 Å². The Hall–Kier alpha value is -2.84. The first-order valence-corrected chi connectivity index (χ1v) is 12.0. The minimum atomic E-state index is -0.504. The standard InChI is InChI=1S/C26H35N3O5/c1-19(2)15-29(16-20-7-8-22-23(14-20)33-12-5-11-32-22)26(30)24-18-28(10-13-34-24)17-21-6-4-9-27-25(21)31-3/h4,6-9,14,19,24H,5,10-13,15-18H2,1-3H3. The molecule has 1 atom stereocenters. The number of amides is 1. The van der Waals surface area contributed by atoms with Crippen LogP contribution in [0.2, 0.25) is 0 Å². The third kappa shape index (κ3) is 6.18. The van der Waals surface area contributed by atoms with E-state index >= 15 is 0 Å². The van der Waals surface area contributed by atoms with E-state index in [1.807, 2.05) is 35.2 Å². The van der Waals surface area contributed by atoms with E-state index in [1.165, 1.54) is 0 Å². The fourth-order valence-corrected chi connectivity index (χ4v) is 4.37. The number of pyridine rings is 1. The van der Waals surface area contributed by atoms with Crippen molar-refractivity contribution in [1.82, 2.24) is 14.8 Å². The first-order chi connectivity index (χ1) is 16.5. The van der Waals surface area contributed by atoms with Gasteiger partial charge < -0.3 is 23.8 Å². The molecule has 4 rings (SSSR count). The van der Waals surface area contributed by atoms with E-state index in [0.29, 0.717) is 57.8 Å². The summed E-state index contributed by atoms with van der Waals surface area (Å²) >= 11 is 0. The molecule has 1 unspecified atom stereocenters. The maximum Gasteiger partial charge on any atom is 0.253 e. The summed E-state index contributed by atoms with van der Waals surface area (Å²) in [4.78, 5) is 22.0. The summed E-state index contributed by atoms with van der Waals surface area (Å²) in [5, 5.41) is 0. The second-order valence-electron chi connectivity index (χ2n) is 9.21.